The van der Waals surface area contributed by atoms with Gasteiger partial charge in [0.2, 0.25) is 0 Å². The number of aliphatic imine (C=N–C) groups is 1. The quantitative estimate of drug-likeness (QED) is 0.812. The van der Waals surface area contributed by atoms with E-state index >= 15 is 0 Å². The van der Waals surface area contributed by atoms with Crippen LogP contribution in [0, 0.1) is 6.92 Å². The Labute approximate surface area is 99.1 Å². The van der Waals surface area contributed by atoms with Crippen molar-refractivity contribution in [3.05, 3.63) is 28.8 Å². The van der Waals surface area contributed by atoms with Gasteiger partial charge in [0.1, 0.15) is 0 Å². The third kappa shape index (κ3) is 2.47. The first-order valence-corrected chi connectivity index (χ1v) is 6.16. The molecule has 2 nitrogen and oxygen atoms in total. The predicted octanol–water partition coefficient (Wildman–Crippen LogP) is 3.55. The summed E-state index contributed by atoms with van der Waals surface area (Å²) in [5.74, 6) is 0. The van der Waals surface area contributed by atoms with Crippen molar-refractivity contribution in [3.63, 3.8) is 0 Å². The second kappa shape index (κ2) is 4.45. The highest BCUT2D eigenvalue weighted by Crippen LogP contribution is 2.26. The maximum absolute atomic E-state index is 6.04. The molecule has 80 valence electrons. The van der Waals surface area contributed by atoms with Gasteiger partial charge in [-0.3, -0.25) is 4.99 Å². The molecule has 2 rings (SSSR count). The van der Waals surface area contributed by atoms with E-state index in [1.54, 1.807) is 11.8 Å². The lowest BCUT2D eigenvalue weighted by Gasteiger charge is -2.09. The molecule has 0 aromatic heterocycles. The molecule has 0 spiro atoms. The van der Waals surface area contributed by atoms with Crippen LogP contribution in [-0.2, 0) is 0 Å². The maximum Gasteiger partial charge on any atom is 0.161 e. The molecule has 0 bridgehead atoms. The van der Waals surface area contributed by atoms with Crippen LogP contribution in [0.3, 0.4) is 0 Å². The van der Waals surface area contributed by atoms with E-state index in [0.717, 1.165) is 28.0 Å². The third-order valence-electron chi connectivity index (χ3n) is 2.31. The van der Waals surface area contributed by atoms with Crippen molar-refractivity contribution in [3.8, 4) is 0 Å². The topological polar surface area (TPSA) is 24.4 Å². The first-order chi connectivity index (χ1) is 7.16. The average Bonchev–Trinajstić information content (AvgIpc) is 2.59. The summed E-state index contributed by atoms with van der Waals surface area (Å²) in [6, 6.07) is 5.86. The van der Waals surface area contributed by atoms with Gasteiger partial charge in [-0.1, -0.05) is 36.4 Å². The van der Waals surface area contributed by atoms with E-state index in [4.69, 9.17) is 11.6 Å². The maximum atomic E-state index is 6.04. The van der Waals surface area contributed by atoms with Gasteiger partial charge >= 0.3 is 0 Å². The lowest BCUT2D eigenvalue weighted by Crippen LogP contribution is -2.07. The molecule has 1 atom stereocenters. The number of rotatable bonds is 1. The number of thioether (sulfide) groups is 1. The predicted molar refractivity (Wildman–Crippen MR) is 69.2 cm³/mol. The van der Waals surface area contributed by atoms with Gasteiger partial charge in [0.05, 0.1) is 6.54 Å². The summed E-state index contributed by atoms with van der Waals surface area (Å²) in [7, 11) is 0. The Hall–Kier alpha value is -0.670. The van der Waals surface area contributed by atoms with Gasteiger partial charge in [-0.15, -0.1) is 0 Å². The smallest absolute Gasteiger partial charge is 0.161 e. The van der Waals surface area contributed by atoms with Crippen LogP contribution in [0.1, 0.15) is 12.5 Å². The lowest BCUT2D eigenvalue weighted by atomic mass is 10.2. The monoisotopic (exact) mass is 240 g/mol. The standard InChI is InChI=1S/C11H13ClN2S/c1-7-6-13-11(15-7)14-10-5-3-4-9(12)8(10)2/h3-5,7H,6H2,1-2H3,(H,13,14)/t7-/m0/s1. The normalized spacial score (nSPS) is 20.2. The van der Waals surface area contributed by atoms with Gasteiger partial charge in [-0.2, -0.15) is 0 Å². The second-order valence-corrected chi connectivity index (χ2v) is 5.45. The first kappa shape index (κ1) is 10.8. The molecule has 1 heterocycles. The van der Waals surface area contributed by atoms with Crippen LogP contribution in [0.5, 0.6) is 0 Å². The van der Waals surface area contributed by atoms with Crippen molar-refractivity contribution < 1.29 is 0 Å². The number of benzene rings is 1. The molecule has 0 unspecified atom stereocenters. The summed E-state index contributed by atoms with van der Waals surface area (Å²) >= 11 is 7.81. The van der Waals surface area contributed by atoms with Crippen molar-refractivity contribution >= 4 is 34.2 Å². The van der Waals surface area contributed by atoms with Gasteiger partial charge in [0.25, 0.3) is 0 Å². The van der Waals surface area contributed by atoms with Gasteiger partial charge in [-0.05, 0) is 24.6 Å². The van der Waals surface area contributed by atoms with Crippen LogP contribution in [-0.4, -0.2) is 17.0 Å². The van der Waals surface area contributed by atoms with E-state index in [1.165, 1.54) is 0 Å². The molecule has 4 heteroatoms. The van der Waals surface area contributed by atoms with E-state index in [1.807, 2.05) is 25.1 Å². The summed E-state index contributed by atoms with van der Waals surface area (Å²) < 4.78 is 0. The number of hydrogen-bond acceptors (Lipinski definition) is 3. The van der Waals surface area contributed by atoms with Gasteiger partial charge < -0.3 is 5.32 Å². The molecule has 0 amide bonds. The summed E-state index contributed by atoms with van der Waals surface area (Å²) in [6.45, 7) is 5.08. The fraction of sp³-hybridized carbons (Fsp3) is 0.364. The largest absolute Gasteiger partial charge is 0.335 e. The molecule has 1 N–H and O–H groups in total. The van der Waals surface area contributed by atoms with Crippen LogP contribution in [0.2, 0.25) is 5.02 Å². The molecule has 1 aliphatic heterocycles. The SMILES string of the molecule is Cc1c(Cl)cccc1NC1=NC[C@H](C)S1. The van der Waals surface area contributed by atoms with Crippen LogP contribution in [0.15, 0.2) is 23.2 Å². The Morgan fingerprint density at radius 2 is 2.33 bits per heavy atom. The Bertz CT molecular complexity index is 404. The number of hydrogen-bond donors (Lipinski definition) is 1. The Morgan fingerprint density at radius 1 is 1.53 bits per heavy atom. The molecule has 0 fully saturated rings. The van der Waals surface area contributed by atoms with Crippen LogP contribution >= 0.6 is 23.4 Å². The zero-order valence-corrected chi connectivity index (χ0v) is 10.3. The number of amidine groups is 1. The molecule has 0 radical (unpaired) electrons. The zero-order valence-electron chi connectivity index (χ0n) is 8.75. The number of halogens is 1. The Kier molecular flexibility index (Phi) is 3.22. The van der Waals surface area contributed by atoms with Crippen molar-refractivity contribution in [1.82, 2.24) is 0 Å². The van der Waals surface area contributed by atoms with Crippen molar-refractivity contribution in [2.75, 3.05) is 11.9 Å². The molecular weight excluding hydrogens is 228 g/mol. The third-order valence-corrected chi connectivity index (χ3v) is 3.73. The Morgan fingerprint density at radius 3 is 3.00 bits per heavy atom. The molecule has 1 aromatic rings. The summed E-state index contributed by atoms with van der Waals surface area (Å²) in [5.41, 5.74) is 2.12. The van der Waals surface area contributed by atoms with Gasteiger partial charge in [-0.25, -0.2) is 0 Å². The second-order valence-electron chi connectivity index (χ2n) is 3.61. The summed E-state index contributed by atoms with van der Waals surface area (Å²) in [6.07, 6.45) is 0. The first-order valence-electron chi connectivity index (χ1n) is 4.90. The molecular formula is C11H13ClN2S. The van der Waals surface area contributed by atoms with Crippen molar-refractivity contribution in [2.45, 2.75) is 19.1 Å². The summed E-state index contributed by atoms with van der Waals surface area (Å²) in [5, 5.41) is 5.67. The summed E-state index contributed by atoms with van der Waals surface area (Å²) in [4.78, 5) is 4.41. The molecule has 0 saturated heterocycles. The van der Waals surface area contributed by atoms with E-state index in [9.17, 15) is 0 Å². The van der Waals surface area contributed by atoms with Crippen LogP contribution < -0.4 is 5.32 Å². The van der Waals surface area contributed by atoms with Crippen LogP contribution in [0.4, 0.5) is 5.69 Å². The van der Waals surface area contributed by atoms with Crippen molar-refractivity contribution in [1.29, 1.82) is 0 Å². The average molecular weight is 241 g/mol. The van der Waals surface area contributed by atoms with Gasteiger partial charge in [0.15, 0.2) is 5.17 Å². The number of anilines is 1. The highest BCUT2D eigenvalue weighted by molar-refractivity contribution is 8.15. The zero-order chi connectivity index (χ0) is 10.8. The van der Waals surface area contributed by atoms with Gasteiger partial charge in [0, 0.05) is 16.0 Å². The van der Waals surface area contributed by atoms with E-state index in [2.05, 4.69) is 17.2 Å². The molecule has 1 aromatic carbocycles. The molecule has 0 aliphatic carbocycles. The van der Waals surface area contributed by atoms with E-state index in [-0.39, 0.29) is 0 Å². The molecule has 15 heavy (non-hydrogen) atoms. The lowest BCUT2D eigenvalue weighted by molar-refractivity contribution is 0.976. The van der Waals surface area contributed by atoms with E-state index < -0.39 is 0 Å². The fourth-order valence-electron chi connectivity index (χ4n) is 1.40. The van der Waals surface area contributed by atoms with E-state index in [0.29, 0.717) is 5.25 Å². The van der Waals surface area contributed by atoms with Crippen molar-refractivity contribution in [2.24, 2.45) is 4.99 Å². The molecule has 0 saturated carbocycles. The molecule has 1 aliphatic rings. The Balaban J connectivity index is 2.15. The van der Waals surface area contributed by atoms with Crippen LogP contribution in [0.25, 0.3) is 0 Å². The minimum absolute atomic E-state index is 0.576. The fourth-order valence-corrected chi connectivity index (χ4v) is 2.43. The number of nitrogens with one attached hydrogen (secondary N) is 1. The minimum Gasteiger partial charge on any atom is -0.335 e. The minimum atomic E-state index is 0.576. The highest BCUT2D eigenvalue weighted by Gasteiger charge is 2.15. The number of nitrogens with zero attached hydrogens (tertiary/aromatic N) is 1. The highest BCUT2D eigenvalue weighted by atomic mass is 35.5.